The number of hydrogen-bond acceptors (Lipinski definition) is 4. The Morgan fingerprint density at radius 1 is 1.16 bits per heavy atom. The second kappa shape index (κ2) is 12.4. The predicted molar refractivity (Wildman–Crippen MR) is 138 cm³/mol. The number of carbonyl (C=O) groups is 1. The smallest absolute Gasteiger partial charge is 0.253 e. The third kappa shape index (κ3) is 7.47. The SMILES string of the molecule is CCNC(=NCc1ccc(C(=O)N2CCCCC2)cc1)NCC(C)(O)c1cccs1.I. The van der Waals surface area contributed by atoms with Crippen LogP contribution in [0, 0.1) is 0 Å². The Labute approximate surface area is 206 Å². The average Bonchev–Trinajstić information content (AvgIpc) is 3.32. The van der Waals surface area contributed by atoms with Gasteiger partial charge in [-0.05, 0) is 62.3 Å². The maximum atomic E-state index is 12.6. The molecule has 0 bridgehead atoms. The summed E-state index contributed by atoms with van der Waals surface area (Å²) in [4.78, 5) is 20.1. The quantitative estimate of drug-likeness (QED) is 0.274. The summed E-state index contributed by atoms with van der Waals surface area (Å²) < 4.78 is 0. The monoisotopic (exact) mass is 556 g/mol. The number of aliphatic hydroxyl groups is 1. The highest BCUT2D eigenvalue weighted by Gasteiger charge is 2.24. The zero-order chi connectivity index (χ0) is 21.4. The summed E-state index contributed by atoms with van der Waals surface area (Å²) in [5, 5.41) is 19.1. The summed E-state index contributed by atoms with van der Waals surface area (Å²) in [5.41, 5.74) is 0.815. The van der Waals surface area contributed by atoms with Gasteiger partial charge in [-0.2, -0.15) is 0 Å². The summed E-state index contributed by atoms with van der Waals surface area (Å²) in [6.07, 6.45) is 3.40. The summed E-state index contributed by atoms with van der Waals surface area (Å²) in [5.74, 6) is 0.776. The Morgan fingerprint density at radius 2 is 1.87 bits per heavy atom. The first-order valence-electron chi connectivity index (χ1n) is 10.7. The van der Waals surface area contributed by atoms with E-state index in [9.17, 15) is 9.90 Å². The molecule has 0 spiro atoms. The van der Waals surface area contributed by atoms with E-state index >= 15 is 0 Å². The van der Waals surface area contributed by atoms with Crippen LogP contribution in [0.3, 0.4) is 0 Å². The average molecular weight is 557 g/mol. The number of benzene rings is 1. The number of piperidine rings is 1. The molecule has 1 amide bonds. The van der Waals surface area contributed by atoms with Crippen molar-refractivity contribution in [2.45, 2.75) is 45.3 Å². The van der Waals surface area contributed by atoms with Crippen molar-refractivity contribution in [2.24, 2.45) is 4.99 Å². The zero-order valence-electron chi connectivity index (χ0n) is 18.3. The van der Waals surface area contributed by atoms with Gasteiger partial charge in [-0.25, -0.2) is 4.99 Å². The van der Waals surface area contributed by atoms with Crippen LogP contribution in [0.4, 0.5) is 0 Å². The number of carbonyl (C=O) groups excluding carboxylic acids is 1. The van der Waals surface area contributed by atoms with Crippen LogP contribution in [0.1, 0.15) is 53.9 Å². The second-order valence-corrected chi connectivity index (χ2v) is 8.80. The molecular formula is C23H33IN4O2S. The van der Waals surface area contributed by atoms with E-state index < -0.39 is 5.60 Å². The van der Waals surface area contributed by atoms with E-state index in [0.29, 0.717) is 19.0 Å². The van der Waals surface area contributed by atoms with Gasteiger partial charge in [-0.15, -0.1) is 35.3 Å². The van der Waals surface area contributed by atoms with Crippen molar-refractivity contribution in [3.05, 3.63) is 57.8 Å². The molecule has 31 heavy (non-hydrogen) atoms. The molecule has 0 aliphatic carbocycles. The number of aliphatic imine (C=N–C) groups is 1. The molecule has 2 heterocycles. The van der Waals surface area contributed by atoms with Crippen molar-refractivity contribution in [3.8, 4) is 0 Å². The zero-order valence-corrected chi connectivity index (χ0v) is 21.4. The van der Waals surface area contributed by atoms with Gasteiger partial charge in [0.05, 0.1) is 13.1 Å². The highest BCUT2D eigenvalue weighted by atomic mass is 127. The first kappa shape index (κ1) is 25.6. The predicted octanol–water partition coefficient (Wildman–Crippen LogP) is 3.96. The van der Waals surface area contributed by atoms with Gasteiger partial charge >= 0.3 is 0 Å². The number of guanidine groups is 1. The molecule has 1 saturated heterocycles. The van der Waals surface area contributed by atoms with Gasteiger partial charge in [0, 0.05) is 30.1 Å². The highest BCUT2D eigenvalue weighted by Crippen LogP contribution is 2.24. The fourth-order valence-corrected chi connectivity index (χ4v) is 4.26. The molecule has 1 aliphatic rings. The van der Waals surface area contributed by atoms with Gasteiger partial charge in [0.1, 0.15) is 5.60 Å². The van der Waals surface area contributed by atoms with Crippen molar-refractivity contribution < 1.29 is 9.90 Å². The number of hydrogen-bond donors (Lipinski definition) is 3. The highest BCUT2D eigenvalue weighted by molar-refractivity contribution is 14.0. The van der Waals surface area contributed by atoms with Crippen LogP contribution >= 0.6 is 35.3 Å². The van der Waals surface area contributed by atoms with Crippen LogP contribution in [0.25, 0.3) is 0 Å². The van der Waals surface area contributed by atoms with Crippen LogP contribution in [0.15, 0.2) is 46.8 Å². The molecule has 2 aromatic rings. The lowest BCUT2D eigenvalue weighted by Crippen LogP contribution is -2.44. The summed E-state index contributed by atoms with van der Waals surface area (Å²) in [6, 6.07) is 11.6. The maximum absolute atomic E-state index is 12.6. The number of likely N-dealkylation sites (tertiary alicyclic amines) is 1. The Balaban J connectivity index is 0.00000341. The van der Waals surface area contributed by atoms with E-state index in [4.69, 9.17) is 0 Å². The van der Waals surface area contributed by atoms with Crippen LogP contribution in [0.2, 0.25) is 0 Å². The van der Waals surface area contributed by atoms with Crippen LogP contribution in [-0.4, -0.2) is 48.1 Å². The Kier molecular flexibility index (Phi) is 10.2. The number of rotatable bonds is 7. The van der Waals surface area contributed by atoms with Gasteiger partial charge in [0.2, 0.25) is 0 Å². The molecular weight excluding hydrogens is 523 g/mol. The normalized spacial score (nSPS) is 16.2. The molecule has 170 valence electrons. The molecule has 0 radical (unpaired) electrons. The molecule has 8 heteroatoms. The van der Waals surface area contributed by atoms with Gasteiger partial charge in [-0.1, -0.05) is 18.2 Å². The van der Waals surface area contributed by atoms with E-state index in [0.717, 1.165) is 48.5 Å². The van der Waals surface area contributed by atoms with E-state index in [1.54, 1.807) is 6.92 Å². The van der Waals surface area contributed by atoms with Gasteiger partial charge < -0.3 is 20.6 Å². The molecule has 1 aliphatic heterocycles. The van der Waals surface area contributed by atoms with Crippen molar-refractivity contribution in [1.29, 1.82) is 0 Å². The molecule has 1 atom stereocenters. The molecule has 3 N–H and O–H groups in total. The van der Waals surface area contributed by atoms with E-state index in [1.807, 2.05) is 53.6 Å². The second-order valence-electron chi connectivity index (χ2n) is 7.85. The molecule has 3 rings (SSSR count). The number of amides is 1. The van der Waals surface area contributed by atoms with Crippen molar-refractivity contribution in [3.63, 3.8) is 0 Å². The topological polar surface area (TPSA) is 77.0 Å². The fourth-order valence-electron chi connectivity index (χ4n) is 3.47. The lowest BCUT2D eigenvalue weighted by atomic mass is 10.1. The standard InChI is InChI=1S/C23H32N4O2S.HI/c1-3-24-22(26-17-23(2,29)20-8-7-15-30-20)25-16-18-9-11-19(12-10-18)21(28)27-13-5-4-6-14-27;/h7-12,15,29H,3-6,13-14,16-17H2,1-2H3,(H2,24,25,26);1H. The third-order valence-electron chi connectivity index (χ3n) is 5.26. The van der Waals surface area contributed by atoms with Crippen molar-refractivity contribution in [2.75, 3.05) is 26.2 Å². The minimum Gasteiger partial charge on any atom is -0.383 e. The Hall–Kier alpha value is -1.65. The molecule has 1 aromatic carbocycles. The van der Waals surface area contributed by atoms with E-state index in [1.165, 1.54) is 17.8 Å². The van der Waals surface area contributed by atoms with Crippen LogP contribution in [0.5, 0.6) is 0 Å². The maximum Gasteiger partial charge on any atom is 0.253 e. The van der Waals surface area contributed by atoms with Crippen LogP contribution < -0.4 is 10.6 Å². The molecule has 1 fully saturated rings. The van der Waals surface area contributed by atoms with Gasteiger partial charge in [0.25, 0.3) is 5.91 Å². The van der Waals surface area contributed by atoms with Gasteiger partial charge in [-0.3, -0.25) is 4.79 Å². The van der Waals surface area contributed by atoms with Crippen molar-refractivity contribution >= 4 is 47.2 Å². The lowest BCUT2D eigenvalue weighted by molar-refractivity contribution is 0.0655. The Morgan fingerprint density at radius 3 is 2.48 bits per heavy atom. The first-order valence-corrected chi connectivity index (χ1v) is 11.5. The molecule has 0 saturated carbocycles. The van der Waals surface area contributed by atoms with E-state index in [2.05, 4.69) is 15.6 Å². The number of nitrogens with zero attached hydrogens (tertiary/aromatic N) is 2. The van der Waals surface area contributed by atoms with Gasteiger partial charge in [0.15, 0.2) is 5.96 Å². The fraction of sp³-hybridized carbons (Fsp3) is 0.478. The summed E-state index contributed by atoms with van der Waals surface area (Å²) in [6.45, 7) is 7.12. The van der Waals surface area contributed by atoms with Crippen LogP contribution in [-0.2, 0) is 12.1 Å². The minimum absolute atomic E-state index is 0. The largest absolute Gasteiger partial charge is 0.383 e. The number of halogens is 1. The number of thiophene rings is 1. The Bertz CT molecular complexity index is 832. The summed E-state index contributed by atoms with van der Waals surface area (Å²) >= 11 is 1.54. The van der Waals surface area contributed by atoms with Crippen molar-refractivity contribution in [1.82, 2.24) is 15.5 Å². The first-order chi connectivity index (χ1) is 14.5. The van der Waals surface area contributed by atoms with E-state index in [-0.39, 0.29) is 29.9 Å². The summed E-state index contributed by atoms with van der Waals surface area (Å²) in [7, 11) is 0. The minimum atomic E-state index is -0.958. The number of nitrogens with one attached hydrogen (secondary N) is 2. The molecule has 1 aromatic heterocycles. The third-order valence-corrected chi connectivity index (χ3v) is 6.38. The lowest BCUT2D eigenvalue weighted by Gasteiger charge is -2.26. The molecule has 6 nitrogen and oxygen atoms in total. The molecule has 1 unspecified atom stereocenters.